The van der Waals surface area contributed by atoms with Gasteiger partial charge in [0.1, 0.15) is 17.2 Å². The van der Waals surface area contributed by atoms with Crippen LogP contribution in [0.1, 0.15) is 12.1 Å². The maximum absolute atomic E-state index is 12.0. The van der Waals surface area contributed by atoms with E-state index in [0.717, 1.165) is 0 Å². The summed E-state index contributed by atoms with van der Waals surface area (Å²) >= 11 is 4.75. The van der Waals surface area contributed by atoms with E-state index in [9.17, 15) is 9.59 Å². The molecule has 0 atom stereocenters. The van der Waals surface area contributed by atoms with E-state index in [1.165, 1.54) is 7.11 Å². The molecule has 0 aliphatic carbocycles. The summed E-state index contributed by atoms with van der Waals surface area (Å²) in [6.07, 6.45) is 0.279. The zero-order valence-electron chi connectivity index (χ0n) is 12.6. The van der Waals surface area contributed by atoms with Crippen molar-refractivity contribution in [3.05, 3.63) is 39.0 Å². The number of anilines is 1. The molecule has 9 heteroatoms. The number of carbonyl (C=O) groups excluding carboxylic acids is 1. The van der Waals surface area contributed by atoms with Crippen LogP contribution in [-0.4, -0.2) is 35.3 Å². The van der Waals surface area contributed by atoms with Gasteiger partial charge < -0.3 is 14.8 Å². The van der Waals surface area contributed by atoms with Crippen molar-refractivity contribution in [2.45, 2.75) is 12.8 Å². The molecule has 1 aromatic heterocycles. The Morgan fingerprint density at radius 1 is 1.35 bits per heavy atom. The van der Waals surface area contributed by atoms with Crippen molar-refractivity contribution in [1.29, 1.82) is 0 Å². The lowest BCUT2D eigenvalue weighted by atomic mass is 10.2. The van der Waals surface area contributed by atoms with Gasteiger partial charge in [-0.05, 0) is 24.4 Å². The minimum atomic E-state index is -0.399. The maximum Gasteiger partial charge on any atom is 0.273 e. The first-order valence-electron chi connectivity index (χ1n) is 6.73. The van der Waals surface area contributed by atoms with Gasteiger partial charge in [0.15, 0.2) is 4.77 Å². The summed E-state index contributed by atoms with van der Waals surface area (Å²) in [6.45, 7) is 0. The third kappa shape index (κ3) is 4.39. The largest absolute Gasteiger partial charge is 0.497 e. The Labute approximate surface area is 136 Å². The number of nitrogens with one attached hydrogen (secondary N) is 3. The molecule has 23 heavy (non-hydrogen) atoms. The average molecular weight is 336 g/mol. The van der Waals surface area contributed by atoms with Crippen molar-refractivity contribution in [3.8, 4) is 11.5 Å². The zero-order chi connectivity index (χ0) is 16.8. The summed E-state index contributed by atoms with van der Waals surface area (Å²) in [5.74, 6) is 0.838. The van der Waals surface area contributed by atoms with Gasteiger partial charge in [-0.15, -0.1) is 0 Å². The van der Waals surface area contributed by atoms with Crippen molar-refractivity contribution in [2.24, 2.45) is 0 Å². The minimum Gasteiger partial charge on any atom is -0.497 e. The Bertz CT molecular complexity index is 815. The van der Waals surface area contributed by atoms with Crippen molar-refractivity contribution >= 4 is 23.8 Å². The molecule has 0 saturated carbocycles. The Morgan fingerprint density at radius 2 is 2.13 bits per heavy atom. The summed E-state index contributed by atoms with van der Waals surface area (Å²) in [4.78, 5) is 26.0. The standard InChI is InChI=1S/C14H16N4O4S/c1-21-8-3-4-9(11(7-8)22-2)15-12(19)6-5-10-13(20)16-14(23)18-17-10/h3-4,7H,5-6H2,1-2H3,(H,15,19)(H2,16,18,20,23). The highest BCUT2D eigenvalue weighted by Crippen LogP contribution is 2.29. The highest BCUT2D eigenvalue weighted by atomic mass is 32.1. The van der Waals surface area contributed by atoms with E-state index in [1.54, 1.807) is 25.3 Å². The molecule has 1 aromatic carbocycles. The summed E-state index contributed by atoms with van der Waals surface area (Å²) in [6, 6.07) is 5.06. The number of aromatic nitrogens is 3. The van der Waals surface area contributed by atoms with Crippen LogP contribution < -0.4 is 20.3 Å². The van der Waals surface area contributed by atoms with Crippen LogP contribution in [0.25, 0.3) is 0 Å². The van der Waals surface area contributed by atoms with Gasteiger partial charge in [0, 0.05) is 18.9 Å². The van der Waals surface area contributed by atoms with Crippen LogP contribution in [0, 0.1) is 4.77 Å². The molecule has 0 bridgehead atoms. The van der Waals surface area contributed by atoms with Gasteiger partial charge in [-0.2, -0.15) is 5.10 Å². The van der Waals surface area contributed by atoms with E-state index in [2.05, 4.69) is 20.5 Å². The highest BCUT2D eigenvalue weighted by molar-refractivity contribution is 7.71. The molecular formula is C14H16N4O4S. The predicted octanol–water partition coefficient (Wildman–Crippen LogP) is 1.42. The van der Waals surface area contributed by atoms with E-state index >= 15 is 0 Å². The minimum absolute atomic E-state index is 0.0931. The molecular weight excluding hydrogens is 320 g/mol. The predicted molar refractivity (Wildman–Crippen MR) is 86.5 cm³/mol. The fourth-order valence-corrected chi connectivity index (χ4v) is 2.03. The molecule has 0 fully saturated rings. The van der Waals surface area contributed by atoms with Gasteiger partial charge >= 0.3 is 0 Å². The number of ether oxygens (including phenoxy) is 2. The quantitative estimate of drug-likeness (QED) is 0.688. The normalized spacial score (nSPS) is 10.2. The highest BCUT2D eigenvalue weighted by Gasteiger charge is 2.10. The second kappa shape index (κ2) is 7.54. The zero-order valence-corrected chi connectivity index (χ0v) is 13.5. The summed E-state index contributed by atoms with van der Waals surface area (Å²) < 4.78 is 10.4. The van der Waals surface area contributed by atoms with Crippen LogP contribution in [0.15, 0.2) is 23.0 Å². The number of hydrogen-bond donors (Lipinski definition) is 3. The monoisotopic (exact) mass is 336 g/mol. The van der Waals surface area contributed by atoms with E-state index in [1.807, 2.05) is 0 Å². The van der Waals surface area contributed by atoms with Gasteiger partial charge in [-0.1, -0.05) is 0 Å². The Hall–Kier alpha value is -2.68. The number of aryl methyl sites for hydroxylation is 1. The van der Waals surface area contributed by atoms with E-state index in [-0.39, 0.29) is 29.2 Å². The van der Waals surface area contributed by atoms with Crippen molar-refractivity contribution in [1.82, 2.24) is 15.2 Å². The average Bonchev–Trinajstić information content (AvgIpc) is 2.54. The second-order valence-corrected chi connectivity index (χ2v) is 4.98. The molecule has 0 saturated heterocycles. The molecule has 1 amide bonds. The molecule has 0 radical (unpaired) electrons. The number of benzene rings is 1. The molecule has 0 aliphatic rings. The first-order valence-corrected chi connectivity index (χ1v) is 7.14. The Kier molecular flexibility index (Phi) is 5.47. The van der Waals surface area contributed by atoms with Crippen molar-refractivity contribution < 1.29 is 14.3 Å². The topological polar surface area (TPSA) is 109 Å². The van der Waals surface area contributed by atoms with Crippen molar-refractivity contribution in [3.63, 3.8) is 0 Å². The number of carbonyl (C=O) groups is 1. The molecule has 1 heterocycles. The molecule has 0 unspecified atom stereocenters. The third-order valence-corrected chi connectivity index (χ3v) is 3.25. The summed E-state index contributed by atoms with van der Waals surface area (Å²) in [7, 11) is 3.04. The molecule has 3 N–H and O–H groups in total. The van der Waals surface area contributed by atoms with E-state index < -0.39 is 5.56 Å². The van der Waals surface area contributed by atoms with Crippen LogP contribution in [0.4, 0.5) is 5.69 Å². The lowest BCUT2D eigenvalue weighted by Crippen LogP contribution is -2.20. The first-order chi connectivity index (χ1) is 11.0. The molecule has 0 aliphatic heterocycles. The number of methoxy groups -OCH3 is 2. The van der Waals surface area contributed by atoms with E-state index in [4.69, 9.17) is 21.7 Å². The van der Waals surface area contributed by atoms with Gasteiger partial charge in [-0.3, -0.25) is 19.7 Å². The number of amides is 1. The first kappa shape index (κ1) is 16.7. The van der Waals surface area contributed by atoms with Gasteiger partial charge in [-0.25, -0.2) is 0 Å². The van der Waals surface area contributed by atoms with Crippen LogP contribution in [0.3, 0.4) is 0 Å². The number of nitrogens with zero attached hydrogens (tertiary/aromatic N) is 1. The fraction of sp³-hybridized carbons (Fsp3) is 0.286. The van der Waals surface area contributed by atoms with Gasteiger partial charge in [0.05, 0.1) is 19.9 Å². The molecule has 8 nitrogen and oxygen atoms in total. The number of hydrogen-bond acceptors (Lipinski definition) is 6. The number of aromatic amines is 2. The maximum atomic E-state index is 12.0. The van der Waals surface area contributed by atoms with Crippen LogP contribution in [-0.2, 0) is 11.2 Å². The third-order valence-electron chi connectivity index (χ3n) is 3.05. The SMILES string of the molecule is COc1ccc(NC(=O)CCc2n[nH]c(=S)[nH]c2=O)c(OC)c1. The number of H-pyrrole nitrogens is 2. The smallest absolute Gasteiger partial charge is 0.273 e. The van der Waals surface area contributed by atoms with Crippen LogP contribution in [0.2, 0.25) is 0 Å². The Morgan fingerprint density at radius 3 is 2.78 bits per heavy atom. The Balaban J connectivity index is 2.02. The number of rotatable bonds is 6. The van der Waals surface area contributed by atoms with Crippen LogP contribution >= 0.6 is 12.2 Å². The molecule has 2 rings (SSSR count). The molecule has 0 spiro atoms. The second-order valence-electron chi connectivity index (χ2n) is 4.57. The fourth-order valence-electron chi connectivity index (χ4n) is 1.89. The van der Waals surface area contributed by atoms with Crippen molar-refractivity contribution in [2.75, 3.05) is 19.5 Å². The summed E-state index contributed by atoms with van der Waals surface area (Å²) in [5.41, 5.74) is 0.340. The van der Waals surface area contributed by atoms with E-state index in [0.29, 0.717) is 17.2 Å². The van der Waals surface area contributed by atoms with Gasteiger partial charge in [0.25, 0.3) is 5.56 Å². The van der Waals surface area contributed by atoms with Crippen LogP contribution in [0.5, 0.6) is 11.5 Å². The molecule has 2 aromatic rings. The summed E-state index contributed by atoms with van der Waals surface area (Å²) in [5, 5.41) is 9.03. The van der Waals surface area contributed by atoms with Gasteiger partial charge in [0.2, 0.25) is 5.91 Å². The molecule has 122 valence electrons. The lowest BCUT2D eigenvalue weighted by molar-refractivity contribution is -0.116. The lowest BCUT2D eigenvalue weighted by Gasteiger charge is -2.11.